The number of methoxy groups -OCH3 is 2. The number of carbonyl (C=O) groups is 1. The Bertz CT molecular complexity index is 962. The van der Waals surface area contributed by atoms with Crippen molar-refractivity contribution in [2.75, 3.05) is 27.3 Å². The van der Waals surface area contributed by atoms with Crippen LogP contribution in [0.1, 0.15) is 34.1 Å². The van der Waals surface area contributed by atoms with E-state index in [1.807, 2.05) is 23.1 Å². The lowest BCUT2D eigenvalue weighted by Crippen LogP contribution is -2.39. The van der Waals surface area contributed by atoms with Gasteiger partial charge >= 0.3 is 0 Å². The van der Waals surface area contributed by atoms with E-state index in [0.717, 1.165) is 29.9 Å². The Kier molecular flexibility index (Phi) is 5.55. The summed E-state index contributed by atoms with van der Waals surface area (Å²) >= 11 is 5.19. The molecular weight excluding hydrogens is 440 g/mol. The van der Waals surface area contributed by atoms with E-state index >= 15 is 0 Å². The molecule has 1 fully saturated rings. The zero-order chi connectivity index (χ0) is 19.7. The highest BCUT2D eigenvalue weighted by molar-refractivity contribution is 9.10. The van der Waals surface area contributed by atoms with E-state index in [1.54, 1.807) is 37.7 Å². The summed E-state index contributed by atoms with van der Waals surface area (Å²) in [5.41, 5.74) is 1.61. The summed E-state index contributed by atoms with van der Waals surface area (Å²) in [6.07, 6.45) is 2.02. The Morgan fingerprint density at radius 2 is 1.93 bits per heavy atom. The second-order valence-corrected chi connectivity index (χ2v) is 8.66. The number of hydrogen-bond donors (Lipinski definition) is 0. The quantitative estimate of drug-likeness (QED) is 0.543. The smallest absolute Gasteiger partial charge is 0.254 e. The van der Waals surface area contributed by atoms with Gasteiger partial charge in [0.15, 0.2) is 0 Å². The normalized spacial score (nSPS) is 17.0. The summed E-state index contributed by atoms with van der Waals surface area (Å²) in [7, 11) is 3.16. The minimum atomic E-state index is -0.00471. The van der Waals surface area contributed by atoms with Crippen LogP contribution in [0.15, 0.2) is 40.9 Å². The van der Waals surface area contributed by atoms with Crippen molar-refractivity contribution in [1.82, 2.24) is 9.88 Å². The maximum Gasteiger partial charge on any atom is 0.254 e. The van der Waals surface area contributed by atoms with Gasteiger partial charge in [0.25, 0.3) is 5.91 Å². The summed E-state index contributed by atoms with van der Waals surface area (Å²) in [4.78, 5) is 19.9. The minimum absolute atomic E-state index is 0.00471. The summed E-state index contributed by atoms with van der Waals surface area (Å²) < 4.78 is 12.7. The number of thiazole rings is 1. The van der Waals surface area contributed by atoms with Crippen molar-refractivity contribution in [3.05, 3.63) is 51.4 Å². The van der Waals surface area contributed by atoms with E-state index in [9.17, 15) is 4.79 Å². The fraction of sp³-hybridized carbons (Fsp3) is 0.333. The number of fused-ring (bicyclic) bond motifs is 1. The van der Waals surface area contributed by atoms with E-state index < -0.39 is 0 Å². The average molecular weight is 461 g/mol. The second kappa shape index (κ2) is 8.09. The van der Waals surface area contributed by atoms with Crippen LogP contribution in [0.3, 0.4) is 0 Å². The molecule has 1 aliphatic heterocycles. The molecule has 0 unspecified atom stereocenters. The van der Waals surface area contributed by atoms with Crippen molar-refractivity contribution in [2.45, 2.75) is 18.8 Å². The number of aromatic nitrogens is 1. The van der Waals surface area contributed by atoms with E-state index in [2.05, 4.69) is 22.0 Å². The predicted octanol–water partition coefficient (Wildman–Crippen LogP) is 5.10. The summed E-state index contributed by atoms with van der Waals surface area (Å²) in [5, 5.41) is 1.12. The first-order valence-corrected chi connectivity index (χ1v) is 10.8. The third kappa shape index (κ3) is 3.61. The highest BCUT2D eigenvalue weighted by Gasteiger charge is 2.28. The molecule has 0 aliphatic carbocycles. The van der Waals surface area contributed by atoms with Crippen molar-refractivity contribution in [3.8, 4) is 11.5 Å². The number of benzene rings is 2. The summed E-state index contributed by atoms with van der Waals surface area (Å²) in [6, 6.07) is 11.7. The lowest BCUT2D eigenvalue weighted by molar-refractivity contribution is 0.0706. The lowest BCUT2D eigenvalue weighted by Gasteiger charge is -2.32. The van der Waals surface area contributed by atoms with Gasteiger partial charge in [-0.3, -0.25) is 4.79 Å². The number of para-hydroxylation sites is 1. The first-order valence-electron chi connectivity index (χ1n) is 9.17. The van der Waals surface area contributed by atoms with E-state index in [-0.39, 0.29) is 11.8 Å². The number of carbonyl (C=O) groups excluding carboxylic acids is 1. The van der Waals surface area contributed by atoms with Crippen molar-refractivity contribution in [1.29, 1.82) is 0 Å². The molecule has 1 saturated heterocycles. The highest BCUT2D eigenvalue weighted by Crippen LogP contribution is 2.37. The number of amides is 1. The molecule has 1 aliphatic rings. The van der Waals surface area contributed by atoms with Crippen molar-refractivity contribution < 1.29 is 14.3 Å². The number of rotatable bonds is 4. The molecule has 5 nitrogen and oxygen atoms in total. The number of hydrogen-bond acceptors (Lipinski definition) is 5. The van der Waals surface area contributed by atoms with Crippen LogP contribution >= 0.6 is 27.3 Å². The molecule has 2 heterocycles. The van der Waals surface area contributed by atoms with Crippen LogP contribution in [0.4, 0.5) is 0 Å². The molecule has 1 amide bonds. The van der Waals surface area contributed by atoms with Crippen LogP contribution < -0.4 is 9.47 Å². The van der Waals surface area contributed by atoms with E-state index in [4.69, 9.17) is 14.5 Å². The molecule has 4 rings (SSSR count). The van der Waals surface area contributed by atoms with Gasteiger partial charge in [-0.1, -0.05) is 12.1 Å². The monoisotopic (exact) mass is 460 g/mol. The van der Waals surface area contributed by atoms with Gasteiger partial charge in [0.2, 0.25) is 0 Å². The molecule has 28 heavy (non-hydrogen) atoms. The standard InChI is InChI=1S/C21H21BrN2O3S/c1-26-16-10-14(11-17(27-2)19(16)22)21(25)24-9-5-6-13(12-24)20-23-15-7-3-4-8-18(15)28-20/h3-4,7-8,10-11,13H,5-6,9,12H2,1-2H3/t13-/m1/s1. The maximum absolute atomic E-state index is 13.2. The maximum atomic E-state index is 13.2. The van der Waals surface area contributed by atoms with E-state index in [1.165, 1.54) is 4.70 Å². The fourth-order valence-electron chi connectivity index (χ4n) is 3.60. The zero-order valence-corrected chi connectivity index (χ0v) is 18.2. The summed E-state index contributed by atoms with van der Waals surface area (Å²) in [6.45, 7) is 1.43. The zero-order valence-electron chi connectivity index (χ0n) is 15.8. The lowest BCUT2D eigenvalue weighted by atomic mass is 9.98. The Morgan fingerprint density at radius 1 is 1.21 bits per heavy atom. The molecule has 0 saturated carbocycles. The molecule has 7 heteroatoms. The molecular formula is C21H21BrN2O3S. The van der Waals surface area contributed by atoms with Gasteiger partial charge in [-0.25, -0.2) is 4.98 Å². The number of halogens is 1. The molecule has 146 valence electrons. The molecule has 0 N–H and O–H groups in total. The molecule has 3 aromatic rings. The van der Waals surface area contributed by atoms with Crippen LogP contribution in [0.2, 0.25) is 0 Å². The Hall–Kier alpha value is -2.12. The number of likely N-dealkylation sites (tertiary alicyclic amines) is 1. The molecule has 2 aromatic carbocycles. The predicted molar refractivity (Wildman–Crippen MR) is 115 cm³/mol. The van der Waals surface area contributed by atoms with Crippen molar-refractivity contribution >= 4 is 43.4 Å². The average Bonchev–Trinajstić information content (AvgIpc) is 3.18. The first kappa shape index (κ1) is 19.2. The van der Waals surface area contributed by atoms with Crippen LogP contribution in [-0.2, 0) is 0 Å². The minimum Gasteiger partial charge on any atom is -0.495 e. The van der Waals surface area contributed by atoms with Crippen LogP contribution in [0.25, 0.3) is 10.2 Å². The van der Waals surface area contributed by atoms with Gasteiger partial charge in [-0.05, 0) is 53.0 Å². The molecule has 0 spiro atoms. The highest BCUT2D eigenvalue weighted by atomic mass is 79.9. The van der Waals surface area contributed by atoms with Crippen molar-refractivity contribution in [2.24, 2.45) is 0 Å². The van der Waals surface area contributed by atoms with Crippen LogP contribution in [-0.4, -0.2) is 43.1 Å². The second-order valence-electron chi connectivity index (χ2n) is 6.80. The van der Waals surface area contributed by atoms with Gasteiger partial charge in [0, 0.05) is 24.6 Å². The number of nitrogens with zero attached hydrogens (tertiary/aromatic N) is 2. The molecule has 1 atom stereocenters. The molecule has 0 bridgehead atoms. The number of piperidine rings is 1. The van der Waals surface area contributed by atoms with Gasteiger partial charge in [0.1, 0.15) is 16.0 Å². The molecule has 0 radical (unpaired) electrons. The third-order valence-electron chi connectivity index (χ3n) is 5.06. The SMILES string of the molecule is COc1cc(C(=O)N2CCC[C@@H](c3nc4ccccc4s3)C2)cc(OC)c1Br. The topological polar surface area (TPSA) is 51.7 Å². The van der Waals surface area contributed by atoms with Crippen molar-refractivity contribution in [3.63, 3.8) is 0 Å². The first-order chi connectivity index (χ1) is 13.6. The Labute approximate surface area is 176 Å². The number of ether oxygens (including phenoxy) is 2. The van der Waals surface area contributed by atoms with E-state index in [0.29, 0.717) is 28.1 Å². The van der Waals surface area contributed by atoms with Crippen LogP contribution in [0, 0.1) is 0 Å². The molecule has 1 aromatic heterocycles. The van der Waals surface area contributed by atoms with Gasteiger partial charge in [-0.2, -0.15) is 0 Å². The van der Waals surface area contributed by atoms with Gasteiger partial charge in [-0.15, -0.1) is 11.3 Å². The van der Waals surface area contributed by atoms with Gasteiger partial charge < -0.3 is 14.4 Å². The summed E-state index contributed by atoms with van der Waals surface area (Å²) in [5.74, 6) is 1.44. The van der Waals surface area contributed by atoms with Crippen LogP contribution in [0.5, 0.6) is 11.5 Å². The third-order valence-corrected chi connectivity index (χ3v) is 7.04. The largest absolute Gasteiger partial charge is 0.495 e. The fourth-order valence-corrected chi connectivity index (χ4v) is 5.25. The Morgan fingerprint density at radius 3 is 2.61 bits per heavy atom. The van der Waals surface area contributed by atoms with Gasteiger partial charge in [0.05, 0.1) is 29.4 Å². The Balaban J connectivity index is 1.58.